The minimum Gasteiger partial charge on any atom is -0.480 e. The van der Waals surface area contributed by atoms with Crippen molar-refractivity contribution in [2.75, 3.05) is 0 Å². The van der Waals surface area contributed by atoms with Gasteiger partial charge in [0, 0.05) is 10.3 Å². The van der Waals surface area contributed by atoms with Crippen LogP contribution >= 0.6 is 23.1 Å². The van der Waals surface area contributed by atoms with E-state index in [0.29, 0.717) is 0 Å². The number of aliphatic carboxylic acids is 1. The number of carboxylic acid groups (broad SMARTS) is 1. The number of hydrogen-bond acceptors (Lipinski definition) is 5. The van der Waals surface area contributed by atoms with Gasteiger partial charge >= 0.3 is 5.97 Å². The van der Waals surface area contributed by atoms with Gasteiger partial charge in [0.2, 0.25) is 0 Å². The molecule has 2 heterocycles. The number of rotatable bonds is 3. The second kappa shape index (κ2) is 4.39. The molecular weight excluding hydrogens is 244 g/mol. The molecule has 0 aliphatic carbocycles. The van der Waals surface area contributed by atoms with Crippen molar-refractivity contribution in [3.8, 4) is 0 Å². The Morgan fingerprint density at radius 1 is 1.56 bits per heavy atom. The Morgan fingerprint density at radius 3 is 3.00 bits per heavy atom. The normalized spacial score (nSPS) is 12.9. The number of thiophene rings is 1. The van der Waals surface area contributed by atoms with Gasteiger partial charge in [0.1, 0.15) is 21.4 Å². The van der Waals surface area contributed by atoms with Gasteiger partial charge in [-0.3, -0.25) is 4.79 Å². The second-order valence-electron chi connectivity index (χ2n) is 3.35. The largest absolute Gasteiger partial charge is 0.480 e. The highest BCUT2D eigenvalue weighted by atomic mass is 32.2. The van der Waals surface area contributed by atoms with Crippen molar-refractivity contribution in [3.63, 3.8) is 0 Å². The van der Waals surface area contributed by atoms with Gasteiger partial charge in [-0.2, -0.15) is 0 Å². The quantitative estimate of drug-likeness (QED) is 0.673. The Hall–Kier alpha value is -1.14. The predicted molar refractivity (Wildman–Crippen MR) is 65.1 cm³/mol. The summed E-state index contributed by atoms with van der Waals surface area (Å²) in [6, 6.07) is 2.00. The summed E-state index contributed by atoms with van der Waals surface area (Å²) in [6.07, 6.45) is 1.48. The molecule has 0 amide bonds. The zero-order chi connectivity index (χ0) is 11.7. The van der Waals surface area contributed by atoms with Crippen molar-refractivity contribution in [1.82, 2.24) is 9.97 Å². The molecule has 16 heavy (non-hydrogen) atoms. The van der Waals surface area contributed by atoms with Crippen molar-refractivity contribution in [3.05, 3.63) is 17.3 Å². The molecule has 0 saturated carbocycles. The molecule has 4 nitrogen and oxygen atoms in total. The Labute approximate surface area is 101 Å². The molecule has 0 aromatic carbocycles. The molecule has 0 radical (unpaired) electrons. The van der Waals surface area contributed by atoms with E-state index in [1.165, 1.54) is 18.1 Å². The maximum absolute atomic E-state index is 10.8. The highest BCUT2D eigenvalue weighted by Crippen LogP contribution is 2.32. The lowest BCUT2D eigenvalue weighted by atomic mass is 10.4. The zero-order valence-electron chi connectivity index (χ0n) is 8.80. The lowest BCUT2D eigenvalue weighted by molar-refractivity contribution is -0.136. The molecule has 84 valence electrons. The van der Waals surface area contributed by atoms with Crippen molar-refractivity contribution >= 4 is 39.3 Å². The maximum atomic E-state index is 10.8. The number of carbonyl (C=O) groups is 1. The molecule has 0 fully saturated rings. The highest BCUT2D eigenvalue weighted by Gasteiger charge is 2.16. The fourth-order valence-corrected chi connectivity index (χ4v) is 3.00. The van der Waals surface area contributed by atoms with E-state index < -0.39 is 11.2 Å². The van der Waals surface area contributed by atoms with Gasteiger partial charge in [-0.15, -0.1) is 11.3 Å². The SMILES string of the molecule is Cc1cc2c(SC(C)C(=O)O)ncnc2s1. The summed E-state index contributed by atoms with van der Waals surface area (Å²) in [4.78, 5) is 21.1. The zero-order valence-corrected chi connectivity index (χ0v) is 10.4. The van der Waals surface area contributed by atoms with Crippen LogP contribution in [-0.2, 0) is 4.79 Å². The van der Waals surface area contributed by atoms with Crippen LogP contribution in [0.15, 0.2) is 17.4 Å². The molecular formula is C10H10N2O2S2. The fourth-order valence-electron chi connectivity index (χ4n) is 1.27. The van der Waals surface area contributed by atoms with Gasteiger partial charge in [-0.25, -0.2) is 9.97 Å². The first-order valence-corrected chi connectivity index (χ1v) is 6.38. The maximum Gasteiger partial charge on any atom is 0.316 e. The summed E-state index contributed by atoms with van der Waals surface area (Å²) in [6.45, 7) is 3.65. The molecule has 1 atom stereocenters. The average Bonchev–Trinajstić information content (AvgIpc) is 2.59. The van der Waals surface area contributed by atoms with Gasteiger partial charge in [0.05, 0.1) is 0 Å². The Bertz CT molecular complexity index is 539. The number of carboxylic acids is 1. The molecule has 1 unspecified atom stereocenters. The minimum atomic E-state index is -0.830. The Morgan fingerprint density at radius 2 is 2.31 bits per heavy atom. The first kappa shape index (κ1) is 11.3. The summed E-state index contributed by atoms with van der Waals surface area (Å²) in [5, 5.41) is 10.0. The lowest BCUT2D eigenvalue weighted by Gasteiger charge is -2.05. The topological polar surface area (TPSA) is 63.1 Å². The molecule has 0 aliphatic rings. The number of aromatic nitrogens is 2. The summed E-state index contributed by atoms with van der Waals surface area (Å²) in [7, 11) is 0. The van der Waals surface area contributed by atoms with Crippen molar-refractivity contribution in [1.29, 1.82) is 0 Å². The number of fused-ring (bicyclic) bond motifs is 1. The third kappa shape index (κ3) is 2.17. The first-order chi connectivity index (χ1) is 7.58. The van der Waals surface area contributed by atoms with Crippen LogP contribution in [0.1, 0.15) is 11.8 Å². The number of hydrogen-bond donors (Lipinski definition) is 1. The van der Waals surface area contributed by atoms with Gasteiger partial charge in [0.25, 0.3) is 0 Å². The van der Waals surface area contributed by atoms with Crippen LogP contribution in [0.2, 0.25) is 0 Å². The van der Waals surface area contributed by atoms with E-state index in [2.05, 4.69) is 9.97 Å². The standard InChI is InChI=1S/C10H10N2O2S2/c1-5-3-7-8(15-5)11-4-12-9(7)16-6(2)10(13)14/h3-4,6H,1-2H3,(H,13,14). The predicted octanol–water partition coefficient (Wildman–Crippen LogP) is 2.56. The van der Waals surface area contributed by atoms with E-state index in [1.54, 1.807) is 18.3 Å². The second-order valence-corrected chi connectivity index (χ2v) is 5.92. The van der Waals surface area contributed by atoms with Crippen LogP contribution in [0, 0.1) is 6.92 Å². The molecule has 2 rings (SSSR count). The van der Waals surface area contributed by atoms with Crippen molar-refractivity contribution in [2.45, 2.75) is 24.1 Å². The summed E-state index contributed by atoms with van der Waals surface area (Å²) >= 11 is 2.84. The van der Waals surface area contributed by atoms with Gasteiger partial charge in [-0.1, -0.05) is 11.8 Å². The van der Waals surface area contributed by atoms with E-state index in [4.69, 9.17) is 5.11 Å². The van der Waals surface area contributed by atoms with Crippen LogP contribution < -0.4 is 0 Å². The van der Waals surface area contributed by atoms with Crippen LogP contribution in [0.25, 0.3) is 10.2 Å². The molecule has 0 bridgehead atoms. The van der Waals surface area contributed by atoms with E-state index in [9.17, 15) is 4.79 Å². The minimum absolute atomic E-state index is 0.502. The molecule has 1 N–H and O–H groups in total. The van der Waals surface area contributed by atoms with E-state index >= 15 is 0 Å². The lowest BCUT2D eigenvalue weighted by Crippen LogP contribution is -2.11. The third-order valence-electron chi connectivity index (χ3n) is 2.05. The summed E-state index contributed by atoms with van der Waals surface area (Å²) < 4.78 is 0. The van der Waals surface area contributed by atoms with Crippen molar-refractivity contribution < 1.29 is 9.90 Å². The van der Waals surface area contributed by atoms with Crippen LogP contribution in [-0.4, -0.2) is 26.3 Å². The summed E-state index contributed by atoms with van der Waals surface area (Å²) in [5.74, 6) is -0.830. The van der Waals surface area contributed by atoms with E-state index in [1.807, 2.05) is 13.0 Å². The monoisotopic (exact) mass is 254 g/mol. The molecule has 0 aliphatic heterocycles. The van der Waals surface area contributed by atoms with Gasteiger partial charge < -0.3 is 5.11 Å². The fraction of sp³-hybridized carbons (Fsp3) is 0.300. The number of thioether (sulfide) groups is 1. The van der Waals surface area contributed by atoms with E-state index in [0.717, 1.165) is 20.1 Å². The van der Waals surface area contributed by atoms with E-state index in [-0.39, 0.29) is 0 Å². The third-order valence-corrected chi connectivity index (χ3v) is 4.11. The number of nitrogens with zero attached hydrogens (tertiary/aromatic N) is 2. The van der Waals surface area contributed by atoms with Gasteiger partial charge in [-0.05, 0) is 19.9 Å². The van der Waals surface area contributed by atoms with Gasteiger partial charge in [0.15, 0.2) is 0 Å². The molecule has 0 spiro atoms. The first-order valence-electron chi connectivity index (χ1n) is 4.68. The Balaban J connectivity index is 2.40. The van der Waals surface area contributed by atoms with Crippen LogP contribution in [0.5, 0.6) is 0 Å². The molecule has 2 aromatic heterocycles. The highest BCUT2D eigenvalue weighted by molar-refractivity contribution is 8.00. The molecule has 0 saturated heterocycles. The summed E-state index contributed by atoms with van der Waals surface area (Å²) in [5.41, 5.74) is 0. The number of aryl methyl sites for hydroxylation is 1. The Kier molecular flexibility index (Phi) is 3.11. The van der Waals surface area contributed by atoms with Crippen LogP contribution in [0.3, 0.4) is 0 Å². The molecule has 2 aromatic rings. The average molecular weight is 254 g/mol. The molecule has 6 heteroatoms. The smallest absolute Gasteiger partial charge is 0.316 e. The van der Waals surface area contributed by atoms with Crippen LogP contribution in [0.4, 0.5) is 0 Å². The van der Waals surface area contributed by atoms with Crippen molar-refractivity contribution in [2.24, 2.45) is 0 Å².